The first-order valence-electron chi connectivity index (χ1n) is 10.9. The third kappa shape index (κ3) is 4.92. The lowest BCUT2D eigenvalue weighted by Gasteiger charge is -2.39. The van der Waals surface area contributed by atoms with Crippen molar-refractivity contribution in [3.05, 3.63) is 47.5 Å². The van der Waals surface area contributed by atoms with Crippen LogP contribution in [0.25, 0.3) is 0 Å². The first-order valence-corrected chi connectivity index (χ1v) is 11.3. The maximum atomic E-state index is 12.4. The van der Waals surface area contributed by atoms with Crippen molar-refractivity contribution < 1.29 is 9.53 Å². The Bertz CT molecular complexity index is 744. The third-order valence-electron chi connectivity index (χ3n) is 6.35. The predicted molar refractivity (Wildman–Crippen MR) is 119 cm³/mol. The molecule has 2 fully saturated rings. The molecule has 2 aliphatic heterocycles. The quantitative estimate of drug-likeness (QED) is 0.572. The standard InChI is InChI=1S/C23H31N3O2S/c27-23-26(21(17-28-23)19-9-5-2-6-10-19)20-12-15-25(16-13-20)22(29)24-14-11-18-7-3-1-4-8-18/h2,5-7,9-10,20-21H,1,3-4,8,11-17H2,(H,24,29). The third-order valence-corrected chi connectivity index (χ3v) is 6.75. The summed E-state index contributed by atoms with van der Waals surface area (Å²) in [5, 5.41) is 4.29. The highest BCUT2D eigenvalue weighted by Crippen LogP contribution is 2.33. The number of benzene rings is 1. The Hall–Kier alpha value is -2.08. The van der Waals surface area contributed by atoms with Gasteiger partial charge in [0.05, 0.1) is 6.04 Å². The van der Waals surface area contributed by atoms with Crippen LogP contribution >= 0.6 is 12.2 Å². The van der Waals surface area contributed by atoms with E-state index in [1.807, 2.05) is 23.1 Å². The zero-order valence-electron chi connectivity index (χ0n) is 17.0. The number of amides is 1. The summed E-state index contributed by atoms with van der Waals surface area (Å²) in [7, 11) is 0. The van der Waals surface area contributed by atoms with Crippen molar-refractivity contribution in [1.82, 2.24) is 15.1 Å². The number of likely N-dealkylation sites (tertiary alicyclic amines) is 1. The van der Waals surface area contributed by atoms with Crippen LogP contribution in [0.15, 0.2) is 42.0 Å². The van der Waals surface area contributed by atoms with Crippen LogP contribution in [0.4, 0.5) is 4.79 Å². The molecule has 0 aromatic heterocycles. The molecule has 5 nitrogen and oxygen atoms in total. The van der Waals surface area contributed by atoms with Gasteiger partial charge >= 0.3 is 6.09 Å². The maximum Gasteiger partial charge on any atom is 0.410 e. The summed E-state index contributed by atoms with van der Waals surface area (Å²) in [5.74, 6) is 0. The molecule has 29 heavy (non-hydrogen) atoms. The van der Waals surface area contributed by atoms with Crippen LogP contribution < -0.4 is 5.32 Å². The van der Waals surface area contributed by atoms with Crippen molar-refractivity contribution >= 4 is 23.4 Å². The van der Waals surface area contributed by atoms with E-state index in [4.69, 9.17) is 17.0 Å². The molecule has 2 heterocycles. The molecule has 3 aliphatic rings. The molecule has 4 rings (SSSR count). The van der Waals surface area contributed by atoms with Gasteiger partial charge in [-0.2, -0.15) is 0 Å². The van der Waals surface area contributed by atoms with Gasteiger partial charge in [-0.25, -0.2) is 4.79 Å². The van der Waals surface area contributed by atoms with Crippen LogP contribution in [0, 0.1) is 0 Å². The van der Waals surface area contributed by atoms with Gasteiger partial charge in [-0.05, 0) is 62.7 Å². The van der Waals surface area contributed by atoms with E-state index in [1.165, 1.54) is 25.7 Å². The summed E-state index contributed by atoms with van der Waals surface area (Å²) < 4.78 is 5.40. The first-order chi connectivity index (χ1) is 14.2. The van der Waals surface area contributed by atoms with Gasteiger partial charge in [-0.1, -0.05) is 42.0 Å². The zero-order chi connectivity index (χ0) is 20.1. The van der Waals surface area contributed by atoms with E-state index < -0.39 is 0 Å². The molecule has 1 aromatic carbocycles. The number of hydrogen-bond donors (Lipinski definition) is 1. The number of cyclic esters (lactones) is 1. The average molecular weight is 414 g/mol. The molecular formula is C23H31N3O2S. The summed E-state index contributed by atoms with van der Waals surface area (Å²) >= 11 is 5.63. The molecular weight excluding hydrogens is 382 g/mol. The molecule has 1 atom stereocenters. The molecule has 156 valence electrons. The Kier molecular flexibility index (Phi) is 6.70. The first kappa shape index (κ1) is 20.2. The topological polar surface area (TPSA) is 44.8 Å². The number of rotatable bonds is 5. The molecule has 2 saturated heterocycles. The van der Waals surface area contributed by atoms with Crippen molar-refractivity contribution in [2.75, 3.05) is 26.2 Å². The Morgan fingerprint density at radius 1 is 1.17 bits per heavy atom. The molecule has 6 heteroatoms. The molecule has 1 aliphatic carbocycles. The molecule has 1 amide bonds. The average Bonchev–Trinajstić information content (AvgIpc) is 3.16. The van der Waals surface area contributed by atoms with E-state index in [9.17, 15) is 4.79 Å². The van der Waals surface area contributed by atoms with E-state index in [0.717, 1.165) is 49.6 Å². The monoisotopic (exact) mass is 413 g/mol. The van der Waals surface area contributed by atoms with Crippen LogP contribution in [-0.4, -0.2) is 53.3 Å². The Balaban J connectivity index is 1.26. The van der Waals surface area contributed by atoms with Crippen molar-refractivity contribution in [3.8, 4) is 0 Å². The van der Waals surface area contributed by atoms with Crippen molar-refractivity contribution in [1.29, 1.82) is 0 Å². The highest BCUT2D eigenvalue weighted by molar-refractivity contribution is 7.80. The largest absolute Gasteiger partial charge is 0.447 e. The van der Waals surface area contributed by atoms with Crippen LogP contribution in [-0.2, 0) is 4.74 Å². The van der Waals surface area contributed by atoms with Gasteiger partial charge in [0, 0.05) is 25.7 Å². The second kappa shape index (κ2) is 9.61. The predicted octanol–water partition coefficient (Wildman–Crippen LogP) is 4.41. The second-order valence-corrected chi connectivity index (χ2v) is 8.61. The minimum absolute atomic E-state index is 0.0223. The Morgan fingerprint density at radius 2 is 1.97 bits per heavy atom. The fraction of sp³-hybridized carbons (Fsp3) is 0.565. The van der Waals surface area contributed by atoms with E-state index in [0.29, 0.717) is 6.61 Å². The minimum atomic E-state index is -0.182. The lowest BCUT2D eigenvalue weighted by Crippen LogP contribution is -2.50. The van der Waals surface area contributed by atoms with Gasteiger partial charge in [0.15, 0.2) is 5.11 Å². The number of piperidine rings is 1. The summed E-state index contributed by atoms with van der Waals surface area (Å²) in [6.45, 7) is 3.12. The Labute approximate surface area is 179 Å². The number of hydrogen-bond acceptors (Lipinski definition) is 3. The highest BCUT2D eigenvalue weighted by Gasteiger charge is 2.40. The summed E-state index contributed by atoms with van der Waals surface area (Å²) in [6, 6.07) is 10.4. The van der Waals surface area contributed by atoms with E-state index in [2.05, 4.69) is 28.4 Å². The molecule has 1 N–H and O–H groups in total. The number of carbonyl (C=O) groups is 1. The van der Waals surface area contributed by atoms with Gasteiger partial charge in [0.1, 0.15) is 6.61 Å². The van der Waals surface area contributed by atoms with Gasteiger partial charge in [0.2, 0.25) is 0 Å². The number of thiocarbonyl (C=S) groups is 1. The highest BCUT2D eigenvalue weighted by atomic mass is 32.1. The summed E-state index contributed by atoms with van der Waals surface area (Å²) in [6.07, 6.45) is 10.3. The second-order valence-electron chi connectivity index (χ2n) is 8.22. The van der Waals surface area contributed by atoms with Gasteiger partial charge in [-0.3, -0.25) is 4.90 Å². The molecule has 0 spiro atoms. The zero-order valence-corrected chi connectivity index (χ0v) is 17.8. The fourth-order valence-electron chi connectivity index (χ4n) is 4.69. The van der Waals surface area contributed by atoms with Gasteiger partial charge in [0.25, 0.3) is 0 Å². The molecule has 0 radical (unpaired) electrons. The fourth-order valence-corrected chi connectivity index (χ4v) is 4.97. The number of ether oxygens (including phenoxy) is 1. The van der Waals surface area contributed by atoms with Crippen LogP contribution in [0.3, 0.4) is 0 Å². The molecule has 1 aromatic rings. The molecule has 0 saturated carbocycles. The molecule has 0 bridgehead atoms. The number of carbonyl (C=O) groups excluding carboxylic acids is 1. The Morgan fingerprint density at radius 3 is 2.69 bits per heavy atom. The van der Waals surface area contributed by atoms with Crippen LogP contribution in [0.2, 0.25) is 0 Å². The van der Waals surface area contributed by atoms with Gasteiger partial charge in [-0.15, -0.1) is 0 Å². The number of nitrogens with one attached hydrogen (secondary N) is 1. The van der Waals surface area contributed by atoms with Crippen molar-refractivity contribution in [2.24, 2.45) is 0 Å². The number of nitrogens with zero attached hydrogens (tertiary/aromatic N) is 2. The van der Waals surface area contributed by atoms with Crippen molar-refractivity contribution in [2.45, 2.75) is 57.0 Å². The minimum Gasteiger partial charge on any atom is -0.447 e. The SMILES string of the molecule is O=C1OCC(c2ccccc2)N1C1CCN(C(=S)NCCC2=CCCCC2)CC1. The molecule has 1 unspecified atom stereocenters. The van der Waals surface area contributed by atoms with Crippen LogP contribution in [0.1, 0.15) is 56.6 Å². The van der Waals surface area contributed by atoms with Crippen molar-refractivity contribution in [3.63, 3.8) is 0 Å². The summed E-state index contributed by atoms with van der Waals surface area (Å²) in [4.78, 5) is 16.6. The van der Waals surface area contributed by atoms with E-state index in [1.54, 1.807) is 5.57 Å². The smallest absolute Gasteiger partial charge is 0.410 e. The lowest BCUT2D eigenvalue weighted by molar-refractivity contribution is 0.123. The summed E-state index contributed by atoms with van der Waals surface area (Å²) in [5.41, 5.74) is 2.72. The number of allylic oxidation sites excluding steroid dienone is 1. The van der Waals surface area contributed by atoms with E-state index in [-0.39, 0.29) is 18.2 Å². The van der Waals surface area contributed by atoms with Gasteiger partial charge < -0.3 is 15.0 Å². The van der Waals surface area contributed by atoms with E-state index >= 15 is 0 Å². The van der Waals surface area contributed by atoms with Crippen LogP contribution in [0.5, 0.6) is 0 Å². The maximum absolute atomic E-state index is 12.4. The normalized spacial score (nSPS) is 23.0. The lowest BCUT2D eigenvalue weighted by atomic mass is 9.97.